The number of aromatic nitrogens is 2. The van der Waals surface area contributed by atoms with E-state index < -0.39 is 0 Å². The predicted molar refractivity (Wildman–Crippen MR) is 93.4 cm³/mol. The van der Waals surface area contributed by atoms with Crippen molar-refractivity contribution >= 4 is 16.4 Å². The molecule has 0 unspecified atom stereocenters. The maximum atomic E-state index is 9.88. The highest BCUT2D eigenvalue weighted by atomic mass is 16.3. The predicted octanol–water partition coefficient (Wildman–Crippen LogP) is 4.21. The average molecular weight is 302 g/mol. The van der Waals surface area contributed by atoms with Gasteiger partial charge in [-0.15, -0.1) is 0 Å². The van der Waals surface area contributed by atoms with E-state index in [0.29, 0.717) is 0 Å². The molecule has 23 heavy (non-hydrogen) atoms. The molecule has 0 saturated heterocycles. The van der Waals surface area contributed by atoms with Gasteiger partial charge in [0.25, 0.3) is 0 Å². The number of hydrogen-bond acceptors (Lipinski definition) is 2. The molecule has 0 bridgehead atoms. The van der Waals surface area contributed by atoms with Crippen LogP contribution in [0.3, 0.4) is 0 Å². The molecule has 2 heterocycles. The Labute approximate surface area is 134 Å². The molecular weight excluding hydrogens is 284 g/mol. The number of fused-ring (bicyclic) bond motifs is 2. The lowest BCUT2D eigenvalue weighted by atomic mass is 10.0. The second kappa shape index (κ2) is 5.52. The Morgan fingerprint density at radius 2 is 1.83 bits per heavy atom. The molecule has 3 nitrogen and oxygen atoms in total. The third-order valence-corrected chi connectivity index (χ3v) is 4.36. The van der Waals surface area contributed by atoms with Crippen molar-refractivity contribution in [3.8, 4) is 11.3 Å². The fourth-order valence-corrected chi connectivity index (χ4v) is 3.07. The first kappa shape index (κ1) is 14.0. The maximum Gasteiger partial charge on any atom is 0.137 e. The van der Waals surface area contributed by atoms with Crippen LogP contribution in [-0.4, -0.2) is 14.5 Å². The molecule has 0 aliphatic carbocycles. The van der Waals surface area contributed by atoms with E-state index in [9.17, 15) is 5.11 Å². The van der Waals surface area contributed by atoms with Crippen LogP contribution in [-0.2, 0) is 13.0 Å². The molecule has 0 amide bonds. The lowest BCUT2D eigenvalue weighted by molar-refractivity contribution is 0.276. The number of benzene rings is 2. The molecule has 2 aromatic heterocycles. The molecule has 0 radical (unpaired) electrons. The molecule has 114 valence electrons. The molecule has 1 N–H and O–H groups in total. The van der Waals surface area contributed by atoms with Gasteiger partial charge in [0.05, 0.1) is 18.0 Å². The van der Waals surface area contributed by atoms with E-state index in [1.165, 1.54) is 16.3 Å². The zero-order valence-corrected chi connectivity index (χ0v) is 13.0. The summed E-state index contributed by atoms with van der Waals surface area (Å²) in [5.74, 6) is 0. The van der Waals surface area contributed by atoms with Gasteiger partial charge in [-0.1, -0.05) is 49.4 Å². The Hall–Kier alpha value is -2.65. The summed E-state index contributed by atoms with van der Waals surface area (Å²) in [5.41, 5.74) is 4.83. The van der Waals surface area contributed by atoms with Gasteiger partial charge in [0.1, 0.15) is 5.65 Å². The van der Waals surface area contributed by atoms with E-state index in [4.69, 9.17) is 4.98 Å². The monoisotopic (exact) mass is 302 g/mol. The highest BCUT2D eigenvalue weighted by Crippen LogP contribution is 2.28. The lowest BCUT2D eigenvalue weighted by Gasteiger charge is -2.05. The van der Waals surface area contributed by atoms with Gasteiger partial charge in [0.15, 0.2) is 0 Å². The molecule has 3 heteroatoms. The molecule has 4 rings (SSSR count). The number of hydrogen-bond donors (Lipinski definition) is 1. The van der Waals surface area contributed by atoms with Gasteiger partial charge in [-0.3, -0.25) is 0 Å². The standard InChI is InChI=1S/C20H18N2O/c1-2-14-7-10-19-21-20(18(13-23)22(19)12-14)17-9-8-15-5-3-4-6-16(15)11-17/h3-12,23H,2,13H2,1H3. The highest BCUT2D eigenvalue weighted by Gasteiger charge is 2.13. The molecule has 0 saturated carbocycles. The zero-order valence-electron chi connectivity index (χ0n) is 13.0. The van der Waals surface area contributed by atoms with E-state index in [1.54, 1.807) is 0 Å². The van der Waals surface area contributed by atoms with Crippen LogP contribution >= 0.6 is 0 Å². The minimum Gasteiger partial charge on any atom is -0.390 e. The van der Waals surface area contributed by atoms with Gasteiger partial charge < -0.3 is 9.51 Å². The second-order valence-corrected chi connectivity index (χ2v) is 5.75. The zero-order chi connectivity index (χ0) is 15.8. The number of pyridine rings is 1. The van der Waals surface area contributed by atoms with Gasteiger partial charge in [-0.2, -0.15) is 0 Å². The van der Waals surface area contributed by atoms with E-state index in [-0.39, 0.29) is 6.61 Å². The summed E-state index contributed by atoms with van der Waals surface area (Å²) in [4.78, 5) is 4.74. The van der Waals surface area contributed by atoms with Crippen molar-refractivity contribution in [2.75, 3.05) is 0 Å². The first-order valence-corrected chi connectivity index (χ1v) is 7.90. The van der Waals surface area contributed by atoms with Crippen LogP contribution in [0.25, 0.3) is 27.7 Å². The number of nitrogens with zero attached hydrogens (tertiary/aromatic N) is 2. The fourth-order valence-electron chi connectivity index (χ4n) is 3.07. The van der Waals surface area contributed by atoms with Gasteiger partial charge in [0.2, 0.25) is 0 Å². The normalized spacial score (nSPS) is 11.4. The molecule has 0 aliphatic heterocycles. The van der Waals surface area contributed by atoms with Crippen LogP contribution < -0.4 is 0 Å². The summed E-state index contributed by atoms with van der Waals surface area (Å²) in [6, 6.07) is 18.7. The maximum absolute atomic E-state index is 9.88. The molecule has 0 fully saturated rings. The van der Waals surface area contributed by atoms with Gasteiger partial charge in [-0.25, -0.2) is 4.98 Å². The summed E-state index contributed by atoms with van der Waals surface area (Å²) in [6.07, 6.45) is 3.03. The summed E-state index contributed by atoms with van der Waals surface area (Å²) in [7, 11) is 0. The van der Waals surface area contributed by atoms with Crippen LogP contribution in [0.4, 0.5) is 0 Å². The Morgan fingerprint density at radius 1 is 1.00 bits per heavy atom. The topological polar surface area (TPSA) is 37.5 Å². The van der Waals surface area contributed by atoms with Crippen molar-refractivity contribution in [2.45, 2.75) is 20.0 Å². The van der Waals surface area contributed by atoms with Crippen molar-refractivity contribution in [2.24, 2.45) is 0 Å². The number of aliphatic hydroxyl groups excluding tert-OH is 1. The Balaban J connectivity index is 1.95. The Kier molecular flexibility index (Phi) is 3.36. The minimum atomic E-state index is -0.0313. The fraction of sp³-hybridized carbons (Fsp3) is 0.150. The lowest BCUT2D eigenvalue weighted by Crippen LogP contribution is -1.95. The number of rotatable bonds is 3. The summed E-state index contributed by atoms with van der Waals surface area (Å²) in [5, 5.41) is 12.3. The first-order valence-electron chi connectivity index (χ1n) is 7.90. The SMILES string of the molecule is CCc1ccc2nc(-c3ccc4ccccc4c3)c(CO)n2c1. The molecular formula is C20H18N2O. The van der Waals surface area contributed by atoms with Crippen molar-refractivity contribution in [3.05, 3.63) is 72.1 Å². The molecule has 2 aromatic carbocycles. The van der Waals surface area contributed by atoms with E-state index >= 15 is 0 Å². The third kappa shape index (κ3) is 2.30. The highest BCUT2D eigenvalue weighted by molar-refractivity contribution is 5.87. The molecule has 0 spiro atoms. The minimum absolute atomic E-state index is 0.0313. The quantitative estimate of drug-likeness (QED) is 0.615. The number of aliphatic hydroxyl groups is 1. The largest absolute Gasteiger partial charge is 0.390 e. The van der Waals surface area contributed by atoms with Crippen LogP contribution in [0.1, 0.15) is 18.2 Å². The van der Waals surface area contributed by atoms with Crippen molar-refractivity contribution in [1.82, 2.24) is 9.38 Å². The molecule has 0 atom stereocenters. The number of aryl methyl sites for hydroxylation is 1. The van der Waals surface area contributed by atoms with Gasteiger partial charge in [-0.05, 0) is 34.9 Å². The molecule has 0 aliphatic rings. The van der Waals surface area contributed by atoms with E-state index in [2.05, 4.69) is 49.5 Å². The van der Waals surface area contributed by atoms with Gasteiger partial charge in [0, 0.05) is 11.8 Å². The van der Waals surface area contributed by atoms with Crippen LogP contribution in [0.2, 0.25) is 0 Å². The van der Waals surface area contributed by atoms with Crippen molar-refractivity contribution in [3.63, 3.8) is 0 Å². The first-order chi connectivity index (χ1) is 11.3. The summed E-state index contributed by atoms with van der Waals surface area (Å²) in [6.45, 7) is 2.09. The van der Waals surface area contributed by atoms with Crippen LogP contribution in [0.5, 0.6) is 0 Å². The third-order valence-electron chi connectivity index (χ3n) is 4.36. The van der Waals surface area contributed by atoms with E-state index in [0.717, 1.165) is 29.0 Å². The smallest absolute Gasteiger partial charge is 0.137 e. The van der Waals surface area contributed by atoms with Crippen LogP contribution in [0.15, 0.2) is 60.8 Å². The second-order valence-electron chi connectivity index (χ2n) is 5.75. The summed E-state index contributed by atoms with van der Waals surface area (Å²) >= 11 is 0. The van der Waals surface area contributed by atoms with Crippen molar-refractivity contribution in [1.29, 1.82) is 0 Å². The summed E-state index contributed by atoms with van der Waals surface area (Å²) < 4.78 is 2.00. The van der Waals surface area contributed by atoms with Crippen molar-refractivity contribution < 1.29 is 5.11 Å². The Bertz CT molecular complexity index is 1000. The number of imidazole rings is 1. The molecule has 4 aromatic rings. The Morgan fingerprint density at radius 3 is 2.61 bits per heavy atom. The van der Waals surface area contributed by atoms with E-state index in [1.807, 2.05) is 22.6 Å². The average Bonchev–Trinajstić information content (AvgIpc) is 2.98. The van der Waals surface area contributed by atoms with Crippen LogP contribution in [0, 0.1) is 0 Å². The van der Waals surface area contributed by atoms with Gasteiger partial charge >= 0.3 is 0 Å².